The van der Waals surface area contributed by atoms with Crippen LogP contribution in [0.25, 0.3) is 0 Å². The van der Waals surface area contributed by atoms with Gasteiger partial charge in [-0.25, -0.2) is 0 Å². The highest BCUT2D eigenvalue weighted by atomic mass is 127. The van der Waals surface area contributed by atoms with E-state index in [1.165, 1.54) is 7.11 Å². The molecule has 2 aromatic carbocycles. The molecule has 134 valence electrons. The minimum absolute atomic E-state index is 0.230. The molecule has 2 N–H and O–H groups in total. The van der Waals surface area contributed by atoms with E-state index in [9.17, 15) is 9.90 Å². The first kappa shape index (κ1) is 21.0. The number of aromatic hydroxyl groups is 1. The Morgan fingerprint density at radius 3 is 2.32 bits per heavy atom. The average Bonchev–Trinajstić information content (AvgIpc) is 2.58. The molecule has 25 heavy (non-hydrogen) atoms. The lowest BCUT2D eigenvalue weighted by Gasteiger charge is -2.16. The smallest absolute Gasteiger partial charge is 0.323 e. The van der Waals surface area contributed by atoms with Crippen molar-refractivity contribution in [1.82, 2.24) is 5.32 Å². The summed E-state index contributed by atoms with van der Waals surface area (Å²) in [7, 11) is 3.12. The lowest BCUT2D eigenvalue weighted by Crippen LogP contribution is -2.36. The first-order valence-corrected chi connectivity index (χ1v) is 10.5. The van der Waals surface area contributed by atoms with Gasteiger partial charge in [-0.1, -0.05) is 0 Å². The molecule has 0 aliphatic carbocycles. The standard InChI is InChI=1S/C17H16I3NO4/c1-21-14(17(23)24-2)7-9-5-12(19)16(13(20)6-9)25-10-3-4-15(22)11(18)8-10/h3-6,8,14,21-22H,7H2,1-2H3/t14-/m0/s1. The summed E-state index contributed by atoms with van der Waals surface area (Å²) >= 11 is 6.50. The van der Waals surface area contributed by atoms with Gasteiger partial charge < -0.3 is 19.9 Å². The third-order valence-electron chi connectivity index (χ3n) is 3.47. The van der Waals surface area contributed by atoms with Crippen molar-refractivity contribution in [3.8, 4) is 17.2 Å². The summed E-state index contributed by atoms with van der Waals surface area (Å²) in [4.78, 5) is 11.8. The van der Waals surface area contributed by atoms with Crippen molar-refractivity contribution < 1.29 is 19.4 Å². The Bertz CT molecular complexity index is 759. The zero-order valence-electron chi connectivity index (χ0n) is 13.5. The number of phenolic OH excluding ortho intramolecular Hbond substituents is 1. The molecule has 0 aromatic heterocycles. The van der Waals surface area contributed by atoms with Gasteiger partial charge in [0, 0.05) is 0 Å². The van der Waals surface area contributed by atoms with Crippen LogP contribution in [0.1, 0.15) is 5.56 Å². The Morgan fingerprint density at radius 2 is 1.80 bits per heavy atom. The van der Waals surface area contributed by atoms with Gasteiger partial charge in [-0.3, -0.25) is 4.79 Å². The van der Waals surface area contributed by atoms with Crippen LogP contribution in [-0.2, 0) is 16.0 Å². The number of hydrogen-bond donors (Lipinski definition) is 2. The van der Waals surface area contributed by atoms with E-state index in [2.05, 4.69) is 73.1 Å². The average molecular weight is 679 g/mol. The van der Waals surface area contributed by atoms with Crippen molar-refractivity contribution in [1.29, 1.82) is 0 Å². The fourth-order valence-corrected chi connectivity index (χ4v) is 4.78. The minimum atomic E-state index is -0.387. The first-order chi connectivity index (χ1) is 11.8. The lowest BCUT2D eigenvalue weighted by atomic mass is 10.1. The maximum Gasteiger partial charge on any atom is 0.323 e. The van der Waals surface area contributed by atoms with Crippen LogP contribution in [0.15, 0.2) is 30.3 Å². The molecule has 0 aliphatic rings. The SMILES string of the molecule is CN[C@@H](Cc1cc(I)c(Oc2ccc(O)c(I)c2)c(I)c1)C(=O)OC. The van der Waals surface area contributed by atoms with E-state index in [-0.39, 0.29) is 17.8 Å². The van der Waals surface area contributed by atoms with Crippen molar-refractivity contribution in [2.75, 3.05) is 14.2 Å². The molecular weight excluding hydrogens is 663 g/mol. The molecule has 0 aliphatic heterocycles. The number of methoxy groups -OCH3 is 1. The van der Waals surface area contributed by atoms with Crippen molar-refractivity contribution in [3.05, 3.63) is 46.6 Å². The second kappa shape index (κ2) is 9.55. The molecule has 2 aromatic rings. The fourth-order valence-electron chi connectivity index (χ4n) is 2.18. The van der Waals surface area contributed by atoms with Gasteiger partial charge in [0.2, 0.25) is 0 Å². The third-order valence-corrected chi connectivity index (χ3v) is 5.94. The van der Waals surface area contributed by atoms with E-state index in [1.54, 1.807) is 25.2 Å². The van der Waals surface area contributed by atoms with Crippen LogP contribution in [0.4, 0.5) is 0 Å². The topological polar surface area (TPSA) is 67.8 Å². The molecule has 0 spiro atoms. The van der Waals surface area contributed by atoms with E-state index in [0.717, 1.165) is 22.0 Å². The summed E-state index contributed by atoms with van der Waals surface area (Å²) in [5.41, 5.74) is 1.02. The van der Waals surface area contributed by atoms with Gasteiger partial charge in [-0.2, -0.15) is 0 Å². The number of hydrogen-bond acceptors (Lipinski definition) is 5. The zero-order valence-corrected chi connectivity index (χ0v) is 19.9. The van der Waals surface area contributed by atoms with Crippen LogP contribution in [-0.4, -0.2) is 31.3 Å². The van der Waals surface area contributed by atoms with Gasteiger partial charge >= 0.3 is 5.97 Å². The van der Waals surface area contributed by atoms with Crippen molar-refractivity contribution >= 4 is 73.7 Å². The molecule has 5 nitrogen and oxygen atoms in total. The summed E-state index contributed by atoms with van der Waals surface area (Å²) in [6.45, 7) is 0. The number of rotatable bonds is 6. The Hall–Kier alpha value is -0.340. The minimum Gasteiger partial charge on any atom is -0.507 e. The normalized spacial score (nSPS) is 11.9. The summed E-state index contributed by atoms with van der Waals surface area (Å²) in [6, 6.07) is 8.73. The Morgan fingerprint density at radius 1 is 1.16 bits per heavy atom. The maximum atomic E-state index is 11.8. The number of benzene rings is 2. The van der Waals surface area contributed by atoms with Crippen LogP contribution in [0.5, 0.6) is 17.2 Å². The largest absolute Gasteiger partial charge is 0.507 e. The molecule has 0 amide bonds. The van der Waals surface area contributed by atoms with E-state index in [0.29, 0.717) is 12.2 Å². The second-order valence-electron chi connectivity index (χ2n) is 5.17. The number of ether oxygens (including phenoxy) is 2. The fraction of sp³-hybridized carbons (Fsp3) is 0.235. The number of likely N-dealkylation sites (N-methyl/N-ethyl adjacent to an activating group) is 1. The highest BCUT2D eigenvalue weighted by Gasteiger charge is 2.19. The molecular formula is C17H16I3NO4. The van der Waals surface area contributed by atoms with E-state index in [4.69, 9.17) is 9.47 Å². The second-order valence-corrected chi connectivity index (χ2v) is 8.66. The molecule has 0 bridgehead atoms. The summed E-state index contributed by atoms with van der Waals surface area (Å²) in [6.07, 6.45) is 0.534. The number of phenols is 1. The third kappa shape index (κ3) is 5.57. The summed E-state index contributed by atoms with van der Waals surface area (Å²) < 4.78 is 13.4. The number of carbonyl (C=O) groups excluding carboxylic acids is 1. The van der Waals surface area contributed by atoms with Gasteiger partial charge in [0.15, 0.2) is 5.75 Å². The van der Waals surface area contributed by atoms with Crippen molar-refractivity contribution in [2.45, 2.75) is 12.5 Å². The molecule has 8 heteroatoms. The van der Waals surface area contributed by atoms with Crippen LogP contribution >= 0.6 is 67.8 Å². The van der Waals surface area contributed by atoms with Crippen LogP contribution in [0, 0.1) is 10.7 Å². The summed E-state index contributed by atoms with van der Waals surface area (Å²) in [5.74, 6) is 1.36. The van der Waals surface area contributed by atoms with E-state index >= 15 is 0 Å². The molecule has 2 rings (SSSR count). The molecule has 0 radical (unpaired) electrons. The van der Waals surface area contributed by atoms with E-state index in [1.807, 2.05) is 12.1 Å². The first-order valence-electron chi connectivity index (χ1n) is 7.25. The van der Waals surface area contributed by atoms with Crippen molar-refractivity contribution in [2.24, 2.45) is 0 Å². The van der Waals surface area contributed by atoms with Gasteiger partial charge in [0.05, 0.1) is 17.8 Å². The number of esters is 1. The quantitative estimate of drug-likeness (QED) is 0.353. The highest BCUT2D eigenvalue weighted by molar-refractivity contribution is 14.1. The Labute approximate surface area is 187 Å². The van der Waals surface area contributed by atoms with Gasteiger partial charge in [0.25, 0.3) is 0 Å². The van der Waals surface area contributed by atoms with Gasteiger partial charge in [0.1, 0.15) is 17.5 Å². The Kier molecular flexibility index (Phi) is 8.01. The van der Waals surface area contributed by atoms with Gasteiger partial charge in [-0.05, 0) is 117 Å². The lowest BCUT2D eigenvalue weighted by molar-refractivity contribution is -0.142. The van der Waals surface area contributed by atoms with Gasteiger partial charge in [-0.15, -0.1) is 0 Å². The number of nitrogens with one attached hydrogen (secondary N) is 1. The molecule has 1 atom stereocenters. The summed E-state index contributed by atoms with van der Waals surface area (Å²) in [5, 5.41) is 12.6. The van der Waals surface area contributed by atoms with E-state index < -0.39 is 0 Å². The molecule has 0 saturated heterocycles. The number of halogens is 3. The maximum absolute atomic E-state index is 11.8. The molecule has 0 saturated carbocycles. The number of carbonyl (C=O) groups is 1. The van der Waals surface area contributed by atoms with Crippen LogP contribution in [0.3, 0.4) is 0 Å². The van der Waals surface area contributed by atoms with Crippen LogP contribution in [0.2, 0.25) is 0 Å². The molecule has 0 fully saturated rings. The zero-order chi connectivity index (χ0) is 18.6. The van der Waals surface area contributed by atoms with Crippen molar-refractivity contribution in [3.63, 3.8) is 0 Å². The predicted octanol–water partition coefficient (Wildman–Crippen LogP) is 4.30. The Balaban J connectivity index is 2.24. The predicted molar refractivity (Wildman–Crippen MR) is 121 cm³/mol. The van der Waals surface area contributed by atoms with Crippen LogP contribution < -0.4 is 10.1 Å². The monoisotopic (exact) mass is 679 g/mol. The molecule has 0 unspecified atom stereocenters. The highest BCUT2D eigenvalue weighted by Crippen LogP contribution is 2.35. The molecule has 0 heterocycles.